The van der Waals surface area contributed by atoms with Crippen molar-refractivity contribution in [1.29, 1.82) is 0 Å². The van der Waals surface area contributed by atoms with Crippen molar-refractivity contribution >= 4 is 16.6 Å². The second kappa shape index (κ2) is 5.95. The molecule has 1 aromatic rings. The Kier molecular flexibility index (Phi) is 4.20. The zero-order valence-electron chi connectivity index (χ0n) is 11.7. The molecule has 21 heavy (non-hydrogen) atoms. The van der Waals surface area contributed by atoms with Gasteiger partial charge < -0.3 is 0 Å². The number of Topliss-reactive ketones (excluding diaryl/α,β-unsaturated/α-hetero) is 1. The Morgan fingerprint density at radius 3 is 2.29 bits per heavy atom. The van der Waals surface area contributed by atoms with E-state index < -0.39 is 22.4 Å². The summed E-state index contributed by atoms with van der Waals surface area (Å²) >= 11 is 0. The Hall–Kier alpha value is -1.10. The minimum Gasteiger partial charge on any atom is -0.299 e. The van der Waals surface area contributed by atoms with Gasteiger partial charge in [0, 0.05) is 39.2 Å². The Morgan fingerprint density at radius 2 is 1.71 bits per heavy atom. The number of hydrogen-bond acceptors (Lipinski definition) is 2. The minimum absolute atomic E-state index is 0.0944. The number of ketones is 1. The van der Waals surface area contributed by atoms with Crippen molar-refractivity contribution in [1.82, 2.24) is 0 Å². The van der Waals surface area contributed by atoms with Crippen molar-refractivity contribution in [3.8, 4) is 0 Å². The summed E-state index contributed by atoms with van der Waals surface area (Å²) in [4.78, 5) is 12.4. The van der Waals surface area contributed by atoms with Crippen LogP contribution in [0.2, 0.25) is 0 Å². The van der Waals surface area contributed by atoms with Gasteiger partial charge in [0.15, 0.2) is 0 Å². The van der Waals surface area contributed by atoms with Gasteiger partial charge in [-0.05, 0) is 37.8 Å². The first-order valence-corrected chi connectivity index (χ1v) is 8.69. The van der Waals surface area contributed by atoms with E-state index in [9.17, 15) is 17.8 Å². The maximum absolute atomic E-state index is 13.6. The van der Waals surface area contributed by atoms with Crippen LogP contribution in [-0.2, 0) is 22.0 Å². The van der Waals surface area contributed by atoms with Crippen LogP contribution >= 0.6 is 0 Å². The third-order valence-corrected chi connectivity index (χ3v) is 6.84. The maximum atomic E-state index is 13.6. The molecule has 5 heteroatoms. The number of carbonyl (C=O) groups excluding carboxylic acids is 1. The van der Waals surface area contributed by atoms with Crippen molar-refractivity contribution in [3.05, 3.63) is 35.4 Å². The van der Waals surface area contributed by atoms with Crippen LogP contribution in [0.5, 0.6) is 0 Å². The van der Waals surface area contributed by atoms with Crippen LogP contribution in [-0.4, -0.2) is 20.5 Å². The molecule has 3 rings (SSSR count). The standard InChI is InChI=1S/C16H18F2O2S/c17-14-5-2-6-15(18)13(14)9-16(19)10-7-11-3-1-4-12(8-10)21(11)20/h2,5-6,10-12H,1,3-4,7-9H2. The molecule has 2 saturated heterocycles. The fraction of sp³-hybridized carbons (Fsp3) is 0.562. The zero-order chi connectivity index (χ0) is 15.0. The first-order chi connectivity index (χ1) is 10.1. The van der Waals surface area contributed by atoms with E-state index in [0.717, 1.165) is 19.3 Å². The molecule has 2 atom stereocenters. The molecule has 2 aliphatic heterocycles. The van der Waals surface area contributed by atoms with E-state index in [1.807, 2.05) is 0 Å². The normalized spacial score (nSPS) is 31.9. The van der Waals surface area contributed by atoms with Gasteiger partial charge in [-0.1, -0.05) is 12.5 Å². The smallest absolute Gasteiger partial charge is 0.140 e. The maximum Gasteiger partial charge on any atom is 0.140 e. The van der Waals surface area contributed by atoms with Crippen molar-refractivity contribution in [2.24, 2.45) is 5.92 Å². The number of carbonyl (C=O) groups is 1. The molecule has 0 aliphatic carbocycles. The number of fused-ring (bicyclic) bond motifs is 2. The van der Waals surface area contributed by atoms with Gasteiger partial charge in [0.05, 0.1) is 0 Å². The molecule has 0 aromatic heterocycles. The van der Waals surface area contributed by atoms with E-state index >= 15 is 0 Å². The van der Waals surface area contributed by atoms with E-state index in [0.29, 0.717) is 12.8 Å². The highest BCUT2D eigenvalue weighted by Crippen LogP contribution is 2.37. The summed E-state index contributed by atoms with van der Waals surface area (Å²) in [5.41, 5.74) is -0.139. The van der Waals surface area contributed by atoms with Crippen LogP contribution in [0.25, 0.3) is 0 Å². The van der Waals surface area contributed by atoms with Crippen LogP contribution in [0.4, 0.5) is 8.78 Å². The highest BCUT2D eigenvalue weighted by atomic mass is 32.2. The number of halogens is 2. The minimum atomic E-state index is -0.829. The van der Waals surface area contributed by atoms with Gasteiger partial charge in [0.2, 0.25) is 0 Å². The van der Waals surface area contributed by atoms with Gasteiger partial charge in [0.25, 0.3) is 0 Å². The summed E-state index contributed by atoms with van der Waals surface area (Å²) in [7, 11) is -0.829. The molecular weight excluding hydrogens is 294 g/mol. The van der Waals surface area contributed by atoms with E-state index in [1.165, 1.54) is 18.2 Å². The van der Waals surface area contributed by atoms with Gasteiger partial charge in [-0.2, -0.15) is 0 Å². The summed E-state index contributed by atoms with van der Waals surface area (Å²) in [6, 6.07) is 3.65. The molecule has 1 aromatic carbocycles. The molecule has 2 nitrogen and oxygen atoms in total. The quantitative estimate of drug-likeness (QED) is 0.859. The van der Waals surface area contributed by atoms with E-state index in [-0.39, 0.29) is 34.2 Å². The first kappa shape index (κ1) is 14.8. The topological polar surface area (TPSA) is 34.1 Å². The third-order valence-electron chi connectivity index (χ3n) is 4.67. The average molecular weight is 312 g/mol. The first-order valence-electron chi connectivity index (χ1n) is 7.41. The lowest BCUT2D eigenvalue weighted by Crippen LogP contribution is -2.41. The van der Waals surface area contributed by atoms with Gasteiger partial charge in [-0.25, -0.2) is 8.78 Å². The fourth-order valence-corrected chi connectivity index (χ4v) is 5.70. The summed E-state index contributed by atoms with van der Waals surface area (Å²) in [5.74, 6) is -1.64. The number of rotatable bonds is 3. The lowest BCUT2D eigenvalue weighted by atomic mass is 9.84. The lowest BCUT2D eigenvalue weighted by molar-refractivity contribution is -0.123. The fourth-order valence-electron chi connectivity index (χ4n) is 3.52. The second-order valence-electron chi connectivity index (χ2n) is 6.02. The molecule has 2 fully saturated rings. The Bertz CT molecular complexity index is 551. The predicted octanol–water partition coefficient (Wildman–Crippen LogP) is 3.16. The molecule has 0 radical (unpaired) electrons. The van der Waals surface area contributed by atoms with Gasteiger partial charge >= 0.3 is 0 Å². The molecule has 0 saturated carbocycles. The van der Waals surface area contributed by atoms with Crippen LogP contribution in [0.15, 0.2) is 18.2 Å². The van der Waals surface area contributed by atoms with E-state index in [1.54, 1.807) is 0 Å². The largest absolute Gasteiger partial charge is 0.299 e. The molecule has 2 bridgehead atoms. The number of benzene rings is 1. The highest BCUT2D eigenvalue weighted by molar-refractivity contribution is 7.86. The van der Waals surface area contributed by atoms with E-state index in [4.69, 9.17) is 0 Å². The zero-order valence-corrected chi connectivity index (χ0v) is 12.5. The Balaban J connectivity index is 1.73. The molecule has 0 amide bonds. The summed E-state index contributed by atoms with van der Waals surface area (Å²) in [6.07, 6.45) is 3.90. The third kappa shape index (κ3) is 2.93. The Morgan fingerprint density at radius 1 is 1.14 bits per heavy atom. The van der Waals surface area contributed by atoms with Crippen LogP contribution < -0.4 is 0 Å². The predicted molar refractivity (Wildman–Crippen MR) is 77.4 cm³/mol. The monoisotopic (exact) mass is 312 g/mol. The summed E-state index contributed by atoms with van der Waals surface area (Å²) in [6.45, 7) is 0. The summed E-state index contributed by atoms with van der Waals surface area (Å²) < 4.78 is 39.4. The second-order valence-corrected chi connectivity index (χ2v) is 8.01. The molecule has 2 unspecified atom stereocenters. The van der Waals surface area contributed by atoms with Crippen molar-refractivity contribution < 1.29 is 17.8 Å². The molecular formula is C16H18F2O2S. The average Bonchev–Trinajstić information content (AvgIpc) is 2.42. The van der Waals surface area contributed by atoms with Crippen LogP contribution in [0, 0.1) is 17.6 Å². The summed E-state index contributed by atoms with van der Waals surface area (Å²) in [5, 5.41) is 0.189. The molecule has 2 heterocycles. The van der Waals surface area contributed by atoms with Gasteiger partial charge in [-0.15, -0.1) is 0 Å². The highest BCUT2D eigenvalue weighted by Gasteiger charge is 2.40. The number of hydrogen-bond donors (Lipinski definition) is 0. The van der Waals surface area contributed by atoms with Crippen LogP contribution in [0.3, 0.4) is 0 Å². The molecule has 0 spiro atoms. The van der Waals surface area contributed by atoms with Gasteiger partial charge in [0.1, 0.15) is 17.4 Å². The van der Waals surface area contributed by atoms with E-state index in [2.05, 4.69) is 0 Å². The van der Waals surface area contributed by atoms with Crippen molar-refractivity contribution in [2.75, 3.05) is 0 Å². The van der Waals surface area contributed by atoms with Crippen molar-refractivity contribution in [3.63, 3.8) is 0 Å². The van der Waals surface area contributed by atoms with Gasteiger partial charge in [-0.3, -0.25) is 9.00 Å². The van der Waals surface area contributed by atoms with Crippen molar-refractivity contribution in [2.45, 2.75) is 49.0 Å². The molecule has 114 valence electrons. The lowest BCUT2D eigenvalue weighted by Gasteiger charge is -2.37. The van der Waals surface area contributed by atoms with Crippen LogP contribution in [0.1, 0.15) is 37.7 Å². The molecule has 2 aliphatic rings. The Labute approximate surface area is 125 Å². The SMILES string of the molecule is O=C(Cc1c(F)cccc1F)C1CC2CCCC(C1)S2=O. The molecule has 0 N–H and O–H groups in total.